The van der Waals surface area contributed by atoms with Gasteiger partial charge in [0.2, 0.25) is 0 Å². The third-order valence-corrected chi connectivity index (χ3v) is 5.85. The van der Waals surface area contributed by atoms with Crippen molar-refractivity contribution >= 4 is 34.8 Å². The molecular weight excluding hydrogens is 410 g/mol. The molecule has 0 N–H and O–H groups in total. The number of imide groups is 1. The van der Waals surface area contributed by atoms with Gasteiger partial charge in [-0.1, -0.05) is 24.3 Å². The molecule has 2 amide bonds. The zero-order valence-electron chi connectivity index (χ0n) is 17.6. The van der Waals surface area contributed by atoms with Crippen LogP contribution in [0.4, 0.5) is 5.69 Å². The van der Waals surface area contributed by atoms with Gasteiger partial charge in [-0.15, -0.1) is 11.8 Å². The van der Waals surface area contributed by atoms with Crippen molar-refractivity contribution in [1.29, 1.82) is 0 Å². The van der Waals surface area contributed by atoms with Crippen molar-refractivity contribution in [2.24, 2.45) is 0 Å². The Morgan fingerprint density at radius 3 is 2.42 bits per heavy atom. The molecule has 1 aliphatic rings. The molecule has 2 heterocycles. The van der Waals surface area contributed by atoms with Crippen molar-refractivity contribution < 1.29 is 18.7 Å². The number of ether oxygens (including phenoxy) is 1. The van der Waals surface area contributed by atoms with E-state index in [4.69, 9.17) is 9.15 Å². The van der Waals surface area contributed by atoms with Gasteiger partial charge in [-0.05, 0) is 68.3 Å². The smallest absolute Gasteiger partial charge is 0.272 e. The maximum atomic E-state index is 13.4. The fraction of sp³-hybridized carbons (Fsp3) is 0.200. The summed E-state index contributed by atoms with van der Waals surface area (Å²) in [5.41, 5.74) is 2.64. The van der Waals surface area contributed by atoms with Gasteiger partial charge in [-0.2, -0.15) is 0 Å². The Kier molecular flexibility index (Phi) is 6.00. The molecule has 0 spiro atoms. The van der Waals surface area contributed by atoms with Crippen LogP contribution in [0.25, 0.3) is 5.57 Å². The van der Waals surface area contributed by atoms with Gasteiger partial charge in [0.15, 0.2) is 0 Å². The highest BCUT2D eigenvalue weighted by molar-refractivity contribution is 8.03. The number of aryl methyl sites for hydroxylation is 1. The molecule has 0 saturated carbocycles. The van der Waals surface area contributed by atoms with Crippen LogP contribution in [0.3, 0.4) is 0 Å². The van der Waals surface area contributed by atoms with Gasteiger partial charge < -0.3 is 9.15 Å². The summed E-state index contributed by atoms with van der Waals surface area (Å²) in [5, 5.41) is 0. The van der Waals surface area contributed by atoms with Gasteiger partial charge in [0, 0.05) is 0 Å². The standard InChI is InChI=1S/C25H23NO4S/c1-16(2)30-20-11-9-18(10-12-20)22-23(31-15-21-8-5-13-29-21)25(28)26(24(22)27)19-7-4-6-17(3)14-19/h4-14,16H,15H2,1-3H3. The Hall–Kier alpha value is -3.25. The lowest BCUT2D eigenvalue weighted by molar-refractivity contribution is -0.119. The van der Waals surface area contributed by atoms with E-state index in [2.05, 4.69) is 0 Å². The molecule has 0 unspecified atom stereocenters. The Morgan fingerprint density at radius 2 is 1.77 bits per heavy atom. The monoisotopic (exact) mass is 433 g/mol. The molecule has 6 heteroatoms. The highest BCUT2D eigenvalue weighted by atomic mass is 32.2. The number of anilines is 1. The molecule has 31 heavy (non-hydrogen) atoms. The molecule has 0 radical (unpaired) electrons. The number of carbonyl (C=O) groups is 2. The van der Waals surface area contributed by atoms with E-state index < -0.39 is 0 Å². The summed E-state index contributed by atoms with van der Waals surface area (Å²) in [4.78, 5) is 28.5. The number of nitrogens with zero attached hydrogens (tertiary/aromatic N) is 1. The summed E-state index contributed by atoms with van der Waals surface area (Å²) >= 11 is 1.32. The van der Waals surface area contributed by atoms with E-state index >= 15 is 0 Å². The summed E-state index contributed by atoms with van der Waals surface area (Å²) in [5.74, 6) is 1.28. The average molecular weight is 434 g/mol. The Balaban J connectivity index is 1.72. The quantitative estimate of drug-likeness (QED) is 0.454. The first-order chi connectivity index (χ1) is 14.9. The molecule has 0 saturated heterocycles. The fourth-order valence-electron chi connectivity index (χ4n) is 3.41. The van der Waals surface area contributed by atoms with Crippen LogP contribution >= 0.6 is 11.8 Å². The van der Waals surface area contributed by atoms with Gasteiger partial charge >= 0.3 is 0 Å². The predicted molar refractivity (Wildman–Crippen MR) is 123 cm³/mol. The topological polar surface area (TPSA) is 59.8 Å². The molecule has 1 aliphatic heterocycles. The zero-order chi connectivity index (χ0) is 22.0. The van der Waals surface area contributed by atoms with E-state index in [-0.39, 0.29) is 17.9 Å². The van der Waals surface area contributed by atoms with Crippen LogP contribution in [0.2, 0.25) is 0 Å². The molecular formula is C25H23NO4S. The minimum Gasteiger partial charge on any atom is -0.491 e. The lowest BCUT2D eigenvalue weighted by atomic mass is 10.1. The third-order valence-electron chi connectivity index (χ3n) is 4.75. The maximum Gasteiger partial charge on any atom is 0.272 e. The lowest BCUT2D eigenvalue weighted by Gasteiger charge is -2.16. The first kappa shape index (κ1) is 21.0. The van der Waals surface area contributed by atoms with Crippen LogP contribution in [0, 0.1) is 6.92 Å². The van der Waals surface area contributed by atoms with E-state index in [1.165, 1.54) is 16.7 Å². The Morgan fingerprint density at radius 1 is 1.00 bits per heavy atom. The zero-order valence-corrected chi connectivity index (χ0v) is 18.4. The van der Waals surface area contributed by atoms with E-state index in [1.54, 1.807) is 18.4 Å². The van der Waals surface area contributed by atoms with Crippen LogP contribution in [0.5, 0.6) is 5.75 Å². The van der Waals surface area contributed by atoms with Crippen molar-refractivity contribution in [2.75, 3.05) is 4.90 Å². The number of benzene rings is 2. The maximum absolute atomic E-state index is 13.4. The molecule has 0 bridgehead atoms. The molecule has 0 atom stereocenters. The third kappa shape index (κ3) is 4.44. The highest BCUT2D eigenvalue weighted by Crippen LogP contribution is 2.40. The predicted octanol–water partition coefficient (Wildman–Crippen LogP) is 5.59. The average Bonchev–Trinajstić information content (AvgIpc) is 3.33. The van der Waals surface area contributed by atoms with Crippen LogP contribution in [0.15, 0.2) is 76.2 Å². The number of hydrogen-bond acceptors (Lipinski definition) is 5. The molecule has 0 aliphatic carbocycles. The summed E-state index contributed by atoms with van der Waals surface area (Å²) in [6.45, 7) is 5.85. The van der Waals surface area contributed by atoms with Gasteiger partial charge in [-0.25, -0.2) is 4.90 Å². The molecule has 1 aromatic heterocycles. The summed E-state index contributed by atoms with van der Waals surface area (Å²) < 4.78 is 11.1. The second-order valence-electron chi connectivity index (χ2n) is 7.55. The molecule has 3 aromatic rings. The Labute approximate surface area is 185 Å². The minimum absolute atomic E-state index is 0.0518. The molecule has 4 rings (SSSR count). The second-order valence-corrected chi connectivity index (χ2v) is 8.53. The number of thioether (sulfide) groups is 1. The second kappa shape index (κ2) is 8.86. The highest BCUT2D eigenvalue weighted by Gasteiger charge is 2.40. The molecule has 0 fully saturated rings. The van der Waals surface area contributed by atoms with Crippen molar-refractivity contribution in [3.8, 4) is 5.75 Å². The van der Waals surface area contributed by atoms with Crippen LogP contribution in [-0.2, 0) is 15.3 Å². The fourth-order valence-corrected chi connectivity index (χ4v) is 4.43. The van der Waals surface area contributed by atoms with Gasteiger partial charge in [0.05, 0.1) is 34.3 Å². The van der Waals surface area contributed by atoms with Crippen molar-refractivity contribution in [3.05, 3.63) is 88.7 Å². The number of rotatable bonds is 7. The summed E-state index contributed by atoms with van der Waals surface area (Å²) in [7, 11) is 0. The lowest BCUT2D eigenvalue weighted by Crippen LogP contribution is -2.31. The largest absolute Gasteiger partial charge is 0.491 e. The minimum atomic E-state index is -0.324. The van der Waals surface area contributed by atoms with E-state index in [0.29, 0.717) is 27.5 Å². The number of amides is 2. The first-order valence-electron chi connectivity index (χ1n) is 10.1. The van der Waals surface area contributed by atoms with E-state index in [0.717, 1.165) is 17.1 Å². The normalized spacial score (nSPS) is 14.1. The number of hydrogen-bond donors (Lipinski definition) is 0. The Bertz CT molecular complexity index is 1130. The van der Waals surface area contributed by atoms with Crippen molar-refractivity contribution in [2.45, 2.75) is 32.6 Å². The first-order valence-corrected chi connectivity index (χ1v) is 11.0. The summed E-state index contributed by atoms with van der Waals surface area (Å²) in [6, 6.07) is 18.3. The SMILES string of the molecule is Cc1cccc(N2C(=O)C(SCc3ccco3)=C(c3ccc(OC(C)C)cc3)C2=O)c1. The summed E-state index contributed by atoms with van der Waals surface area (Å²) in [6.07, 6.45) is 1.65. The molecule has 5 nitrogen and oxygen atoms in total. The number of carbonyl (C=O) groups excluding carboxylic acids is 2. The van der Waals surface area contributed by atoms with Crippen LogP contribution in [-0.4, -0.2) is 17.9 Å². The van der Waals surface area contributed by atoms with Gasteiger partial charge in [0.1, 0.15) is 11.5 Å². The van der Waals surface area contributed by atoms with Crippen molar-refractivity contribution in [1.82, 2.24) is 0 Å². The van der Waals surface area contributed by atoms with Gasteiger partial charge in [0.25, 0.3) is 11.8 Å². The van der Waals surface area contributed by atoms with E-state index in [1.807, 2.05) is 69.3 Å². The molecule has 2 aromatic carbocycles. The van der Waals surface area contributed by atoms with Crippen LogP contribution < -0.4 is 9.64 Å². The molecule has 158 valence electrons. The van der Waals surface area contributed by atoms with E-state index in [9.17, 15) is 9.59 Å². The van der Waals surface area contributed by atoms with Gasteiger partial charge in [-0.3, -0.25) is 9.59 Å². The van der Waals surface area contributed by atoms with Crippen LogP contribution in [0.1, 0.15) is 30.7 Å². The van der Waals surface area contributed by atoms with Crippen molar-refractivity contribution in [3.63, 3.8) is 0 Å². The number of furan rings is 1.